The molecule has 0 fully saturated rings. The van der Waals surface area contributed by atoms with Crippen LogP contribution in [0.25, 0.3) is 0 Å². The standard InChI is InChI=1S/C39H57N5O8S/c1-9-10-14-37(50)44(8)32(26(4)5)23-34(52-27(6)46)39-42-31(24-53-39)38(51)40-29(20-25(2)3)21-28-16-17-33(47)30(22-28)41-35(48)13-11-18-43(7)36(49)15-12-19-45/h12,15-17,19,22,24-26,29,32,34,47H,9-11,13-14,18,20-21,23H2,1-8H3,(H,40,51)(H,41,48)/b15-12-. The number of thiazole rings is 1. The molecule has 292 valence electrons. The van der Waals surface area contributed by atoms with Crippen LogP contribution in [0, 0.1) is 11.8 Å². The molecule has 0 aliphatic heterocycles. The van der Waals surface area contributed by atoms with Gasteiger partial charge >= 0.3 is 5.97 Å². The van der Waals surface area contributed by atoms with Gasteiger partial charge in [-0.25, -0.2) is 4.98 Å². The Bertz CT molecular complexity index is 1570. The Balaban J connectivity index is 2.16. The summed E-state index contributed by atoms with van der Waals surface area (Å²) in [5.74, 6) is -1.30. The number of rotatable bonds is 22. The van der Waals surface area contributed by atoms with E-state index in [2.05, 4.69) is 15.6 Å². The van der Waals surface area contributed by atoms with Crippen molar-refractivity contribution < 1.29 is 38.6 Å². The smallest absolute Gasteiger partial charge is 0.303 e. The van der Waals surface area contributed by atoms with E-state index < -0.39 is 12.1 Å². The number of phenols is 1. The quantitative estimate of drug-likeness (QED) is 0.0578. The summed E-state index contributed by atoms with van der Waals surface area (Å²) in [6, 6.07) is 4.38. The lowest BCUT2D eigenvalue weighted by molar-refractivity contribution is -0.148. The minimum Gasteiger partial charge on any atom is -0.506 e. The Morgan fingerprint density at radius 3 is 2.38 bits per heavy atom. The highest BCUT2D eigenvalue weighted by molar-refractivity contribution is 7.09. The van der Waals surface area contributed by atoms with Gasteiger partial charge in [0.25, 0.3) is 5.91 Å². The van der Waals surface area contributed by atoms with E-state index in [-0.39, 0.29) is 71.1 Å². The van der Waals surface area contributed by atoms with Crippen LogP contribution in [-0.2, 0) is 35.1 Å². The Hall–Kier alpha value is -4.59. The van der Waals surface area contributed by atoms with Crippen molar-refractivity contribution in [1.82, 2.24) is 20.1 Å². The number of aldehydes is 1. The van der Waals surface area contributed by atoms with Crippen LogP contribution in [0.3, 0.4) is 0 Å². The van der Waals surface area contributed by atoms with Gasteiger partial charge in [0.05, 0.1) is 5.69 Å². The SMILES string of the molecule is CCCCC(=O)N(C)C(CC(OC(C)=O)c1nc(C(=O)NC(Cc2ccc(O)c(NC(=O)CCCN(C)C(=O)/C=C\C=O)c2)CC(C)C)cs1)C(C)C. The number of phenolic OH excluding ortho intramolecular Hbond substituents is 1. The zero-order chi connectivity index (χ0) is 39.7. The second-order valence-corrected chi connectivity index (χ2v) is 15.0. The number of aromatic hydroxyl groups is 1. The highest BCUT2D eigenvalue weighted by Gasteiger charge is 2.31. The van der Waals surface area contributed by atoms with Gasteiger partial charge in [-0.3, -0.25) is 28.8 Å². The predicted molar refractivity (Wildman–Crippen MR) is 205 cm³/mol. The minimum atomic E-state index is -0.737. The molecule has 0 aliphatic carbocycles. The zero-order valence-corrected chi connectivity index (χ0v) is 33.2. The third-order valence-electron chi connectivity index (χ3n) is 8.70. The topological polar surface area (TPSA) is 175 Å². The van der Waals surface area contributed by atoms with Crippen LogP contribution in [0.2, 0.25) is 0 Å². The molecule has 0 saturated heterocycles. The number of esters is 1. The number of nitrogens with one attached hydrogen (secondary N) is 2. The first-order valence-corrected chi connectivity index (χ1v) is 19.1. The van der Waals surface area contributed by atoms with Gasteiger partial charge in [0.2, 0.25) is 17.7 Å². The van der Waals surface area contributed by atoms with Crippen LogP contribution in [0.5, 0.6) is 5.75 Å². The lowest BCUT2D eigenvalue weighted by Gasteiger charge is -2.33. The first kappa shape index (κ1) is 44.6. The van der Waals surface area contributed by atoms with Crippen molar-refractivity contribution in [3.8, 4) is 5.75 Å². The molecule has 3 unspecified atom stereocenters. The van der Waals surface area contributed by atoms with E-state index in [1.54, 1.807) is 36.5 Å². The van der Waals surface area contributed by atoms with Gasteiger partial charge in [-0.2, -0.15) is 0 Å². The summed E-state index contributed by atoms with van der Waals surface area (Å²) in [5, 5.41) is 18.4. The number of carbonyl (C=O) groups is 6. The largest absolute Gasteiger partial charge is 0.506 e. The van der Waals surface area contributed by atoms with Crippen LogP contribution in [0.1, 0.15) is 114 Å². The molecular formula is C39H57N5O8S. The summed E-state index contributed by atoms with van der Waals surface area (Å²) in [7, 11) is 3.35. The molecule has 14 heteroatoms. The van der Waals surface area contributed by atoms with Crippen LogP contribution >= 0.6 is 11.3 Å². The van der Waals surface area contributed by atoms with E-state index in [9.17, 15) is 33.9 Å². The Kier molecular flexibility index (Phi) is 18.9. The molecule has 53 heavy (non-hydrogen) atoms. The van der Waals surface area contributed by atoms with Crippen molar-refractivity contribution in [2.24, 2.45) is 11.8 Å². The number of ether oxygens (including phenoxy) is 1. The molecule has 0 saturated carbocycles. The summed E-state index contributed by atoms with van der Waals surface area (Å²) in [6.07, 6.45) is 6.07. The number of aromatic nitrogens is 1. The predicted octanol–water partition coefficient (Wildman–Crippen LogP) is 5.84. The summed E-state index contributed by atoms with van der Waals surface area (Å²) in [4.78, 5) is 81.3. The molecule has 2 aromatic rings. The highest BCUT2D eigenvalue weighted by atomic mass is 32.1. The number of allylic oxidation sites excluding steroid dienone is 1. The second kappa shape index (κ2) is 22.5. The number of benzene rings is 1. The third kappa shape index (κ3) is 15.5. The number of anilines is 1. The lowest BCUT2D eigenvalue weighted by Crippen LogP contribution is -2.41. The van der Waals surface area contributed by atoms with Crippen molar-refractivity contribution in [3.63, 3.8) is 0 Å². The van der Waals surface area contributed by atoms with Crippen molar-refractivity contribution in [3.05, 3.63) is 52.0 Å². The Morgan fingerprint density at radius 1 is 1.04 bits per heavy atom. The molecule has 1 aromatic carbocycles. The molecular weight excluding hydrogens is 699 g/mol. The zero-order valence-electron chi connectivity index (χ0n) is 32.3. The van der Waals surface area contributed by atoms with Crippen molar-refractivity contribution in [2.45, 2.75) is 111 Å². The molecule has 4 amide bonds. The molecule has 3 N–H and O–H groups in total. The van der Waals surface area contributed by atoms with Crippen LogP contribution in [-0.4, -0.2) is 88.5 Å². The molecule has 0 aliphatic rings. The number of hydrogen-bond acceptors (Lipinski definition) is 10. The summed E-state index contributed by atoms with van der Waals surface area (Å²) >= 11 is 1.23. The molecule has 0 radical (unpaired) electrons. The Morgan fingerprint density at radius 2 is 1.75 bits per heavy atom. The molecule has 0 bridgehead atoms. The van der Waals surface area contributed by atoms with Crippen molar-refractivity contribution in [1.29, 1.82) is 0 Å². The van der Waals surface area contributed by atoms with Crippen LogP contribution in [0.4, 0.5) is 5.69 Å². The molecule has 3 atom stereocenters. The average molecular weight is 756 g/mol. The summed E-state index contributed by atoms with van der Waals surface area (Å²) in [5.41, 5.74) is 1.20. The summed E-state index contributed by atoms with van der Waals surface area (Å²) < 4.78 is 5.70. The maximum atomic E-state index is 13.6. The van der Waals surface area contributed by atoms with Crippen molar-refractivity contribution >= 4 is 52.9 Å². The Labute approximate surface area is 317 Å². The minimum absolute atomic E-state index is 0.0325. The number of unbranched alkanes of at least 4 members (excludes halogenated alkanes) is 1. The van der Waals surface area contributed by atoms with Crippen molar-refractivity contribution in [2.75, 3.05) is 26.0 Å². The lowest BCUT2D eigenvalue weighted by atomic mass is 9.96. The average Bonchev–Trinajstić information content (AvgIpc) is 3.59. The van der Waals surface area contributed by atoms with E-state index in [1.165, 1.54) is 29.2 Å². The first-order chi connectivity index (χ1) is 25.1. The van der Waals surface area contributed by atoms with Gasteiger partial charge in [0.1, 0.15) is 22.7 Å². The van der Waals surface area contributed by atoms with Crippen LogP contribution < -0.4 is 10.6 Å². The summed E-state index contributed by atoms with van der Waals surface area (Å²) in [6.45, 7) is 11.8. The van der Waals surface area contributed by atoms with E-state index in [4.69, 9.17) is 4.74 Å². The van der Waals surface area contributed by atoms with E-state index in [1.807, 2.05) is 34.6 Å². The molecule has 1 aromatic heterocycles. The highest BCUT2D eigenvalue weighted by Crippen LogP contribution is 2.31. The number of amides is 4. The maximum Gasteiger partial charge on any atom is 0.303 e. The number of nitrogens with zero attached hydrogens (tertiary/aromatic N) is 3. The number of likely N-dealkylation sites (N-methyl/N-ethyl adjacent to an activating group) is 1. The maximum absolute atomic E-state index is 13.6. The van der Waals surface area contributed by atoms with E-state index in [0.29, 0.717) is 49.9 Å². The molecule has 1 heterocycles. The van der Waals surface area contributed by atoms with E-state index >= 15 is 0 Å². The fourth-order valence-corrected chi connectivity index (χ4v) is 6.73. The molecule has 2 rings (SSSR count). The van der Waals surface area contributed by atoms with Gasteiger partial charge in [0.15, 0.2) is 6.10 Å². The van der Waals surface area contributed by atoms with Gasteiger partial charge in [-0.1, -0.05) is 47.1 Å². The van der Waals surface area contributed by atoms with Gasteiger partial charge in [0, 0.05) is 70.4 Å². The van der Waals surface area contributed by atoms with Gasteiger partial charge in [-0.05, 0) is 61.3 Å². The first-order valence-electron chi connectivity index (χ1n) is 18.2. The fraction of sp³-hybridized carbons (Fsp3) is 0.564. The fourth-order valence-electron chi connectivity index (χ4n) is 5.89. The van der Waals surface area contributed by atoms with Gasteiger partial charge in [-0.15, -0.1) is 11.3 Å². The monoisotopic (exact) mass is 755 g/mol. The number of carbonyl (C=O) groups excluding carboxylic acids is 6. The number of hydrogen-bond donors (Lipinski definition) is 3. The van der Waals surface area contributed by atoms with E-state index in [0.717, 1.165) is 30.6 Å². The molecule has 0 spiro atoms. The van der Waals surface area contributed by atoms with Gasteiger partial charge < -0.3 is 30.3 Å². The second-order valence-electron chi connectivity index (χ2n) is 14.1. The molecule has 13 nitrogen and oxygen atoms in total. The van der Waals surface area contributed by atoms with Crippen LogP contribution in [0.15, 0.2) is 35.7 Å². The normalized spacial score (nSPS) is 13.0. The third-order valence-corrected chi connectivity index (χ3v) is 9.63.